The molecular formula is C28H26N4O2S2. The van der Waals surface area contributed by atoms with Crippen molar-refractivity contribution < 1.29 is 9.53 Å². The van der Waals surface area contributed by atoms with E-state index in [-0.39, 0.29) is 12.0 Å². The van der Waals surface area contributed by atoms with Gasteiger partial charge in [-0.15, -0.1) is 22.7 Å². The second-order valence-corrected chi connectivity index (χ2v) is 11.0. The number of rotatable bonds is 6. The average molecular weight is 515 g/mol. The van der Waals surface area contributed by atoms with Gasteiger partial charge in [0.15, 0.2) is 5.13 Å². The van der Waals surface area contributed by atoms with E-state index in [1.165, 1.54) is 28.2 Å². The first-order valence-corrected chi connectivity index (χ1v) is 13.8. The quantitative estimate of drug-likeness (QED) is 0.254. The van der Waals surface area contributed by atoms with Gasteiger partial charge in [0.05, 0.1) is 34.6 Å². The van der Waals surface area contributed by atoms with Crippen LogP contribution in [0.3, 0.4) is 0 Å². The van der Waals surface area contributed by atoms with Crippen LogP contribution in [0.4, 0.5) is 5.13 Å². The largest absolute Gasteiger partial charge is 0.376 e. The minimum absolute atomic E-state index is 0.0246. The number of nitrogens with zero attached hydrogens (tertiary/aromatic N) is 4. The zero-order valence-corrected chi connectivity index (χ0v) is 21.8. The minimum Gasteiger partial charge on any atom is -0.376 e. The van der Waals surface area contributed by atoms with Gasteiger partial charge in [-0.05, 0) is 44.9 Å². The van der Waals surface area contributed by atoms with E-state index < -0.39 is 0 Å². The Hall–Kier alpha value is -3.33. The molecule has 1 aliphatic rings. The molecule has 0 saturated carbocycles. The summed E-state index contributed by atoms with van der Waals surface area (Å²) in [6.07, 6.45) is 2.00. The van der Waals surface area contributed by atoms with Crippen LogP contribution in [0.1, 0.15) is 33.8 Å². The molecule has 0 spiro atoms. The van der Waals surface area contributed by atoms with E-state index in [0.29, 0.717) is 16.6 Å². The van der Waals surface area contributed by atoms with Gasteiger partial charge in [0.1, 0.15) is 4.83 Å². The summed E-state index contributed by atoms with van der Waals surface area (Å²) in [5.74, 6) is -0.0458. The van der Waals surface area contributed by atoms with Crippen molar-refractivity contribution in [3.05, 3.63) is 82.2 Å². The van der Waals surface area contributed by atoms with Gasteiger partial charge in [-0.2, -0.15) is 5.10 Å². The number of fused-ring (bicyclic) bond motifs is 1. The Morgan fingerprint density at radius 2 is 1.94 bits per heavy atom. The molecule has 0 radical (unpaired) electrons. The van der Waals surface area contributed by atoms with E-state index in [4.69, 9.17) is 14.8 Å². The lowest BCUT2D eigenvalue weighted by Gasteiger charge is -2.22. The summed E-state index contributed by atoms with van der Waals surface area (Å²) in [4.78, 5) is 22.3. The Balaban J connectivity index is 1.36. The van der Waals surface area contributed by atoms with Gasteiger partial charge < -0.3 is 4.74 Å². The number of aryl methyl sites for hydroxylation is 2. The number of hydrogen-bond donors (Lipinski definition) is 0. The number of thiophene rings is 1. The molecule has 182 valence electrons. The number of thiazole rings is 1. The third-order valence-corrected chi connectivity index (χ3v) is 8.44. The fourth-order valence-corrected chi connectivity index (χ4v) is 6.49. The summed E-state index contributed by atoms with van der Waals surface area (Å²) in [6.45, 7) is 5.30. The highest BCUT2D eigenvalue weighted by Crippen LogP contribution is 2.34. The normalized spacial score (nSPS) is 15.6. The van der Waals surface area contributed by atoms with E-state index in [2.05, 4.69) is 31.2 Å². The van der Waals surface area contributed by atoms with Gasteiger partial charge >= 0.3 is 0 Å². The summed E-state index contributed by atoms with van der Waals surface area (Å²) in [5, 5.41) is 8.45. The van der Waals surface area contributed by atoms with Gasteiger partial charge in [0, 0.05) is 22.9 Å². The molecule has 1 saturated heterocycles. The Morgan fingerprint density at radius 1 is 1.14 bits per heavy atom. The number of para-hydroxylation sites is 1. The smallest absolute Gasteiger partial charge is 0.270 e. The van der Waals surface area contributed by atoms with Crippen molar-refractivity contribution in [2.45, 2.75) is 32.8 Å². The summed E-state index contributed by atoms with van der Waals surface area (Å²) in [6, 6.07) is 20.3. The van der Waals surface area contributed by atoms with Gasteiger partial charge in [-0.25, -0.2) is 9.67 Å². The zero-order chi connectivity index (χ0) is 24.6. The number of amides is 1. The minimum atomic E-state index is -0.0458. The number of ether oxygens (including phenoxy) is 1. The number of hydrogen-bond acceptors (Lipinski definition) is 6. The lowest BCUT2D eigenvalue weighted by Crippen LogP contribution is -2.37. The maximum atomic E-state index is 14.0. The van der Waals surface area contributed by atoms with E-state index >= 15 is 0 Å². The highest BCUT2D eigenvalue weighted by atomic mass is 32.1. The first kappa shape index (κ1) is 23.1. The second-order valence-electron chi connectivity index (χ2n) is 9.09. The Labute approximate surface area is 217 Å². The third-order valence-electron chi connectivity index (χ3n) is 6.48. The van der Waals surface area contributed by atoms with E-state index in [9.17, 15) is 4.79 Å². The van der Waals surface area contributed by atoms with Crippen LogP contribution in [0.2, 0.25) is 0 Å². The number of aromatic nitrogens is 3. The van der Waals surface area contributed by atoms with Crippen LogP contribution in [0, 0.1) is 13.8 Å². The van der Waals surface area contributed by atoms with E-state index in [1.807, 2.05) is 53.4 Å². The van der Waals surface area contributed by atoms with Crippen molar-refractivity contribution in [2.24, 2.45) is 0 Å². The maximum absolute atomic E-state index is 14.0. The van der Waals surface area contributed by atoms with Crippen molar-refractivity contribution in [1.29, 1.82) is 0 Å². The van der Waals surface area contributed by atoms with Crippen LogP contribution < -0.4 is 4.90 Å². The molecular weight excluding hydrogens is 488 g/mol. The van der Waals surface area contributed by atoms with E-state index in [1.54, 1.807) is 4.90 Å². The van der Waals surface area contributed by atoms with Crippen LogP contribution in [0.5, 0.6) is 0 Å². The molecule has 1 atom stereocenters. The SMILES string of the molecule is Cc1ccc(-c2csc(N(C[C@@H]3CCCO3)C(=O)c3cc4c(C)nn(-c5ccccc5)c4s3)n2)cc1. The molecule has 0 N–H and O–H groups in total. The maximum Gasteiger partial charge on any atom is 0.270 e. The van der Waals surface area contributed by atoms with Crippen molar-refractivity contribution in [2.75, 3.05) is 18.1 Å². The van der Waals surface area contributed by atoms with Crippen molar-refractivity contribution in [3.63, 3.8) is 0 Å². The first-order chi connectivity index (χ1) is 17.6. The molecule has 1 aliphatic heterocycles. The van der Waals surface area contributed by atoms with Crippen LogP contribution in [-0.2, 0) is 4.74 Å². The molecule has 1 amide bonds. The van der Waals surface area contributed by atoms with Gasteiger partial charge in [0.2, 0.25) is 0 Å². The molecule has 0 bridgehead atoms. The molecule has 0 unspecified atom stereocenters. The Kier molecular flexibility index (Phi) is 6.17. The Bertz CT molecular complexity index is 1510. The number of carbonyl (C=O) groups excluding carboxylic acids is 1. The van der Waals surface area contributed by atoms with Crippen LogP contribution in [0.25, 0.3) is 27.2 Å². The lowest BCUT2D eigenvalue weighted by molar-refractivity contribution is 0.0920. The number of carbonyl (C=O) groups is 1. The molecule has 5 aromatic rings. The first-order valence-electron chi connectivity index (χ1n) is 12.1. The van der Waals surface area contributed by atoms with Crippen LogP contribution in [-0.4, -0.2) is 39.9 Å². The van der Waals surface area contributed by atoms with Crippen LogP contribution in [0.15, 0.2) is 66.0 Å². The molecule has 6 nitrogen and oxygen atoms in total. The molecule has 36 heavy (non-hydrogen) atoms. The standard InChI is InChI=1S/C28H26N4O2S2/c1-18-10-12-20(13-11-18)24-17-35-28(29-24)31(16-22-9-6-14-34-22)26(33)25-15-23-19(2)30-32(27(23)36-25)21-7-4-3-5-8-21/h3-5,7-8,10-13,15,17,22H,6,9,14,16H2,1-2H3/t22-/m0/s1. The third kappa shape index (κ3) is 4.36. The summed E-state index contributed by atoms with van der Waals surface area (Å²) >= 11 is 2.98. The fourth-order valence-electron chi connectivity index (χ4n) is 4.51. The van der Waals surface area contributed by atoms with Crippen molar-refractivity contribution in [1.82, 2.24) is 14.8 Å². The monoisotopic (exact) mass is 514 g/mol. The molecule has 1 fully saturated rings. The fraction of sp³-hybridized carbons (Fsp3) is 0.250. The molecule has 3 aromatic heterocycles. The zero-order valence-electron chi connectivity index (χ0n) is 20.2. The average Bonchev–Trinajstić information content (AvgIpc) is 3.69. The van der Waals surface area contributed by atoms with Crippen molar-refractivity contribution in [3.8, 4) is 16.9 Å². The van der Waals surface area contributed by atoms with Gasteiger partial charge in [0.25, 0.3) is 5.91 Å². The number of anilines is 1. The molecule has 6 rings (SSSR count). The Morgan fingerprint density at radius 3 is 2.69 bits per heavy atom. The summed E-state index contributed by atoms with van der Waals surface area (Å²) in [7, 11) is 0. The van der Waals surface area contributed by atoms with Gasteiger partial charge in [-0.3, -0.25) is 9.69 Å². The van der Waals surface area contributed by atoms with Crippen LogP contribution >= 0.6 is 22.7 Å². The van der Waals surface area contributed by atoms with E-state index in [0.717, 1.165) is 52.3 Å². The highest BCUT2D eigenvalue weighted by Gasteiger charge is 2.29. The topological polar surface area (TPSA) is 60.2 Å². The lowest BCUT2D eigenvalue weighted by atomic mass is 10.1. The molecule has 2 aromatic carbocycles. The highest BCUT2D eigenvalue weighted by molar-refractivity contribution is 7.20. The molecule has 4 heterocycles. The number of benzene rings is 2. The molecule has 0 aliphatic carbocycles. The predicted molar refractivity (Wildman–Crippen MR) is 147 cm³/mol. The summed E-state index contributed by atoms with van der Waals surface area (Å²) in [5.41, 5.74) is 5.03. The molecule has 8 heteroatoms. The summed E-state index contributed by atoms with van der Waals surface area (Å²) < 4.78 is 7.83. The van der Waals surface area contributed by atoms with Crippen molar-refractivity contribution >= 4 is 43.9 Å². The predicted octanol–water partition coefficient (Wildman–Crippen LogP) is 6.65. The van der Waals surface area contributed by atoms with Gasteiger partial charge in [-0.1, -0.05) is 48.0 Å². The second kappa shape index (κ2) is 9.61.